The van der Waals surface area contributed by atoms with Gasteiger partial charge in [0.05, 0.1) is 12.2 Å². The summed E-state index contributed by atoms with van der Waals surface area (Å²) in [6.45, 7) is 6.17. The van der Waals surface area contributed by atoms with Crippen LogP contribution in [0.4, 0.5) is 5.00 Å². The summed E-state index contributed by atoms with van der Waals surface area (Å²) in [7, 11) is 0. The number of carbonyl (C=O) groups excluding carboxylic acids is 2. The molecule has 2 aromatic carbocycles. The SMILES string of the molecule is CCOC(=O)c1c(NC(=O)C(C#N)=Cc2cn(Cc3ccccc3Cl)c3ccccc23)sc(C)c1C. The molecule has 2 heterocycles. The van der Waals surface area contributed by atoms with Crippen molar-refractivity contribution in [1.82, 2.24) is 4.57 Å². The fourth-order valence-corrected chi connectivity index (χ4v) is 5.21. The van der Waals surface area contributed by atoms with E-state index in [0.29, 0.717) is 22.1 Å². The number of halogens is 1. The Morgan fingerprint density at radius 2 is 1.89 bits per heavy atom. The molecule has 1 N–H and O–H groups in total. The summed E-state index contributed by atoms with van der Waals surface area (Å²) in [5, 5.41) is 14.5. The Hall–Kier alpha value is -3.86. The van der Waals surface area contributed by atoms with Crippen LogP contribution < -0.4 is 5.32 Å². The molecular weight excluding hydrogens is 494 g/mol. The number of rotatable bonds is 7. The number of ether oxygens (including phenoxy) is 1. The fraction of sp³-hybridized carbons (Fsp3) is 0.179. The van der Waals surface area contributed by atoms with E-state index in [-0.39, 0.29) is 12.2 Å². The molecule has 2 aromatic heterocycles. The summed E-state index contributed by atoms with van der Waals surface area (Å²) in [6.07, 6.45) is 3.47. The molecule has 0 aliphatic heterocycles. The Kier molecular flexibility index (Phi) is 7.58. The van der Waals surface area contributed by atoms with Crippen LogP contribution in [0.3, 0.4) is 0 Å². The van der Waals surface area contributed by atoms with Gasteiger partial charge in [-0.3, -0.25) is 4.79 Å². The first kappa shape index (κ1) is 25.2. The lowest BCUT2D eigenvalue weighted by Crippen LogP contribution is -2.16. The number of para-hydroxylation sites is 1. The van der Waals surface area contributed by atoms with Crippen molar-refractivity contribution in [3.05, 3.63) is 92.5 Å². The molecule has 4 aromatic rings. The lowest BCUT2D eigenvalue weighted by Gasteiger charge is -2.07. The maximum atomic E-state index is 13.1. The predicted molar refractivity (Wildman–Crippen MR) is 144 cm³/mol. The van der Waals surface area contributed by atoms with Crippen molar-refractivity contribution in [1.29, 1.82) is 5.26 Å². The molecule has 1 amide bonds. The lowest BCUT2D eigenvalue weighted by molar-refractivity contribution is -0.112. The number of thiophene rings is 1. The first-order valence-corrected chi connectivity index (χ1v) is 12.5. The zero-order valence-corrected chi connectivity index (χ0v) is 21.7. The number of carbonyl (C=O) groups is 2. The summed E-state index contributed by atoms with van der Waals surface area (Å²) in [4.78, 5) is 26.5. The molecule has 6 nitrogen and oxygen atoms in total. The zero-order chi connectivity index (χ0) is 25.8. The van der Waals surface area contributed by atoms with E-state index in [4.69, 9.17) is 16.3 Å². The highest BCUT2D eigenvalue weighted by Crippen LogP contribution is 2.33. The van der Waals surface area contributed by atoms with Crippen molar-refractivity contribution < 1.29 is 14.3 Å². The molecule has 0 spiro atoms. The molecule has 0 radical (unpaired) electrons. The first-order valence-electron chi connectivity index (χ1n) is 11.4. The Labute approximate surface area is 218 Å². The van der Waals surface area contributed by atoms with Gasteiger partial charge in [-0.15, -0.1) is 11.3 Å². The van der Waals surface area contributed by atoms with E-state index >= 15 is 0 Å². The highest BCUT2D eigenvalue weighted by atomic mass is 35.5. The van der Waals surface area contributed by atoms with Gasteiger partial charge in [-0.2, -0.15) is 5.26 Å². The van der Waals surface area contributed by atoms with Crippen molar-refractivity contribution in [2.45, 2.75) is 27.3 Å². The molecule has 0 bridgehead atoms. The highest BCUT2D eigenvalue weighted by molar-refractivity contribution is 7.16. The van der Waals surface area contributed by atoms with Crippen molar-refractivity contribution >= 4 is 56.8 Å². The van der Waals surface area contributed by atoms with E-state index in [1.807, 2.05) is 79.2 Å². The van der Waals surface area contributed by atoms with Crippen molar-refractivity contribution in [3.63, 3.8) is 0 Å². The third kappa shape index (κ3) is 5.06. The highest BCUT2D eigenvalue weighted by Gasteiger charge is 2.23. The molecule has 36 heavy (non-hydrogen) atoms. The minimum atomic E-state index is -0.591. The van der Waals surface area contributed by atoms with Gasteiger partial charge in [0.15, 0.2) is 0 Å². The normalized spacial score (nSPS) is 11.4. The minimum absolute atomic E-state index is 0.0749. The third-order valence-electron chi connectivity index (χ3n) is 5.87. The quantitative estimate of drug-likeness (QED) is 0.167. The van der Waals surface area contributed by atoms with Crippen molar-refractivity contribution in [2.75, 3.05) is 11.9 Å². The average molecular weight is 518 g/mol. The van der Waals surface area contributed by atoms with E-state index in [9.17, 15) is 14.9 Å². The Bertz CT molecular complexity index is 1540. The Balaban J connectivity index is 1.69. The van der Waals surface area contributed by atoms with Crippen LogP contribution >= 0.6 is 22.9 Å². The number of nitrogens with one attached hydrogen (secondary N) is 1. The molecule has 0 atom stereocenters. The van der Waals surface area contributed by atoms with Gasteiger partial charge in [0.1, 0.15) is 16.6 Å². The van der Waals surface area contributed by atoms with E-state index < -0.39 is 11.9 Å². The van der Waals surface area contributed by atoms with Gasteiger partial charge in [-0.25, -0.2) is 4.79 Å². The van der Waals surface area contributed by atoms with Crippen LogP contribution in [0, 0.1) is 25.2 Å². The van der Waals surface area contributed by atoms with Gasteiger partial charge >= 0.3 is 5.97 Å². The number of fused-ring (bicyclic) bond motifs is 1. The second kappa shape index (κ2) is 10.8. The molecule has 182 valence electrons. The van der Waals surface area contributed by atoms with Crippen LogP contribution in [-0.4, -0.2) is 23.1 Å². The Morgan fingerprint density at radius 3 is 2.61 bits per heavy atom. The van der Waals surface area contributed by atoms with Crippen LogP contribution in [0.25, 0.3) is 17.0 Å². The van der Waals surface area contributed by atoms with Gasteiger partial charge in [-0.1, -0.05) is 48.0 Å². The van der Waals surface area contributed by atoms with Crippen molar-refractivity contribution in [3.8, 4) is 6.07 Å². The molecule has 0 aliphatic carbocycles. The van der Waals surface area contributed by atoms with Gasteiger partial charge in [0, 0.05) is 39.1 Å². The molecule has 0 aliphatic rings. The van der Waals surface area contributed by atoms with Crippen LogP contribution in [0.2, 0.25) is 5.02 Å². The second-order valence-electron chi connectivity index (χ2n) is 8.15. The minimum Gasteiger partial charge on any atom is -0.462 e. The molecule has 0 fully saturated rings. The largest absolute Gasteiger partial charge is 0.462 e. The summed E-state index contributed by atoms with van der Waals surface area (Å²) in [6, 6.07) is 17.4. The number of aromatic nitrogens is 1. The molecule has 8 heteroatoms. The third-order valence-corrected chi connectivity index (χ3v) is 7.37. The van der Waals surface area contributed by atoms with E-state index in [1.54, 1.807) is 13.0 Å². The number of esters is 1. The molecule has 4 rings (SSSR count). The summed E-state index contributed by atoms with van der Waals surface area (Å²) < 4.78 is 7.20. The summed E-state index contributed by atoms with van der Waals surface area (Å²) in [5.74, 6) is -1.09. The summed E-state index contributed by atoms with van der Waals surface area (Å²) in [5.41, 5.74) is 3.64. The average Bonchev–Trinajstić information content (AvgIpc) is 3.35. The van der Waals surface area contributed by atoms with Gasteiger partial charge in [-0.05, 0) is 50.1 Å². The fourth-order valence-electron chi connectivity index (χ4n) is 3.97. The van der Waals surface area contributed by atoms with Crippen LogP contribution in [0.15, 0.2) is 60.3 Å². The van der Waals surface area contributed by atoms with Gasteiger partial charge in [0.25, 0.3) is 5.91 Å². The molecular formula is C28H24ClN3O3S. The van der Waals surface area contributed by atoms with E-state index in [2.05, 4.69) is 5.32 Å². The number of amides is 1. The lowest BCUT2D eigenvalue weighted by atomic mass is 10.1. The van der Waals surface area contributed by atoms with Crippen molar-refractivity contribution in [2.24, 2.45) is 0 Å². The predicted octanol–water partition coefficient (Wildman–Crippen LogP) is 6.74. The topological polar surface area (TPSA) is 84.1 Å². The summed E-state index contributed by atoms with van der Waals surface area (Å²) >= 11 is 7.65. The standard InChI is InChI=1S/C28H24ClN3O3S/c1-4-35-28(34)25-17(2)18(3)36-27(25)31-26(33)20(14-30)13-21-16-32(24-12-8-6-10-22(21)24)15-19-9-5-7-11-23(19)29/h5-13,16H,4,15H2,1-3H3,(H,31,33). The maximum absolute atomic E-state index is 13.1. The number of aryl methyl sites for hydroxylation is 1. The molecule has 0 saturated heterocycles. The maximum Gasteiger partial charge on any atom is 0.341 e. The van der Waals surface area contributed by atoms with E-state index in [1.165, 1.54) is 11.3 Å². The number of nitrogens with zero attached hydrogens (tertiary/aromatic N) is 2. The van der Waals surface area contributed by atoms with Gasteiger partial charge < -0.3 is 14.6 Å². The van der Waals surface area contributed by atoms with Crippen LogP contribution in [0.1, 0.15) is 38.8 Å². The first-order chi connectivity index (χ1) is 17.3. The van der Waals surface area contributed by atoms with Crippen LogP contribution in [0.5, 0.6) is 0 Å². The van der Waals surface area contributed by atoms with Gasteiger partial charge in [0.2, 0.25) is 0 Å². The zero-order valence-electron chi connectivity index (χ0n) is 20.1. The number of hydrogen-bond acceptors (Lipinski definition) is 5. The monoisotopic (exact) mass is 517 g/mol. The molecule has 0 saturated carbocycles. The number of hydrogen-bond donors (Lipinski definition) is 1. The van der Waals surface area contributed by atoms with E-state index in [0.717, 1.165) is 32.5 Å². The smallest absolute Gasteiger partial charge is 0.341 e. The number of benzene rings is 2. The van der Waals surface area contributed by atoms with Crippen LogP contribution in [-0.2, 0) is 16.1 Å². The second-order valence-corrected chi connectivity index (χ2v) is 9.78. The number of anilines is 1. The molecule has 0 unspecified atom stereocenters. The number of nitriles is 1. The Morgan fingerprint density at radius 1 is 1.17 bits per heavy atom.